The fraction of sp³-hybridized carbons (Fsp3) is 0.538. The molecular formula is C13H17F2N3O2. The minimum absolute atomic E-state index is 0.0236. The van der Waals surface area contributed by atoms with Gasteiger partial charge < -0.3 is 10.2 Å². The Morgan fingerprint density at radius 2 is 1.95 bits per heavy atom. The van der Waals surface area contributed by atoms with Gasteiger partial charge in [0.1, 0.15) is 5.69 Å². The highest BCUT2D eigenvalue weighted by Crippen LogP contribution is 2.30. The first kappa shape index (κ1) is 14.6. The van der Waals surface area contributed by atoms with Crippen LogP contribution in [0, 0.1) is 21.7 Å². The molecule has 0 aromatic heterocycles. The van der Waals surface area contributed by atoms with Crippen LogP contribution in [0.1, 0.15) is 19.3 Å². The molecule has 7 heteroatoms. The van der Waals surface area contributed by atoms with Crippen molar-refractivity contribution in [3.05, 3.63) is 33.9 Å². The minimum atomic E-state index is -0.892. The number of hydrogen-bond donors (Lipinski definition) is 1. The van der Waals surface area contributed by atoms with Crippen molar-refractivity contribution < 1.29 is 13.7 Å². The van der Waals surface area contributed by atoms with Gasteiger partial charge in [-0.1, -0.05) is 0 Å². The van der Waals surface area contributed by atoms with Crippen molar-refractivity contribution >= 4 is 11.4 Å². The van der Waals surface area contributed by atoms with Crippen molar-refractivity contribution in [2.24, 2.45) is 0 Å². The molecule has 1 aliphatic rings. The third-order valence-corrected chi connectivity index (χ3v) is 3.66. The van der Waals surface area contributed by atoms with Crippen LogP contribution in [0.25, 0.3) is 0 Å². The summed E-state index contributed by atoms with van der Waals surface area (Å²) in [5, 5.41) is 13.8. The lowest BCUT2D eigenvalue weighted by Crippen LogP contribution is -2.33. The van der Waals surface area contributed by atoms with E-state index in [1.165, 1.54) is 0 Å². The molecule has 0 saturated carbocycles. The Balaban J connectivity index is 2.29. The van der Waals surface area contributed by atoms with Gasteiger partial charge >= 0.3 is 0 Å². The van der Waals surface area contributed by atoms with E-state index in [0.29, 0.717) is 0 Å². The van der Waals surface area contributed by atoms with E-state index in [9.17, 15) is 18.9 Å². The van der Waals surface area contributed by atoms with Crippen LogP contribution in [0.15, 0.2) is 12.1 Å². The van der Waals surface area contributed by atoms with Crippen LogP contribution in [0.3, 0.4) is 0 Å². The SMILES string of the molecule is CN(c1c(F)cc([N+](=O)[O-])cc1F)C1CCCNCC1. The first-order valence-electron chi connectivity index (χ1n) is 6.57. The Labute approximate surface area is 115 Å². The van der Waals surface area contributed by atoms with E-state index >= 15 is 0 Å². The summed E-state index contributed by atoms with van der Waals surface area (Å²) in [7, 11) is 1.63. The molecule has 20 heavy (non-hydrogen) atoms. The number of anilines is 1. The summed E-state index contributed by atoms with van der Waals surface area (Å²) in [5.74, 6) is -1.78. The maximum atomic E-state index is 14.0. The quantitative estimate of drug-likeness (QED) is 0.684. The van der Waals surface area contributed by atoms with Gasteiger partial charge in [0.15, 0.2) is 11.6 Å². The van der Waals surface area contributed by atoms with Gasteiger partial charge in [-0.15, -0.1) is 0 Å². The summed E-state index contributed by atoms with van der Waals surface area (Å²) >= 11 is 0. The topological polar surface area (TPSA) is 58.4 Å². The normalized spacial score (nSPS) is 19.4. The molecule has 0 bridgehead atoms. The zero-order valence-electron chi connectivity index (χ0n) is 11.2. The van der Waals surface area contributed by atoms with Crippen molar-refractivity contribution in [2.75, 3.05) is 25.0 Å². The van der Waals surface area contributed by atoms with Crippen LogP contribution in [-0.4, -0.2) is 31.1 Å². The number of rotatable bonds is 3. The highest BCUT2D eigenvalue weighted by Gasteiger charge is 2.25. The molecule has 1 aromatic rings. The largest absolute Gasteiger partial charge is 0.367 e. The fourth-order valence-electron chi connectivity index (χ4n) is 2.57. The van der Waals surface area contributed by atoms with Gasteiger partial charge in [-0.05, 0) is 32.4 Å². The van der Waals surface area contributed by atoms with Gasteiger partial charge in [0, 0.05) is 13.1 Å². The van der Waals surface area contributed by atoms with E-state index in [-0.39, 0.29) is 11.7 Å². The average molecular weight is 285 g/mol. The molecule has 1 N–H and O–H groups in total. The molecule has 1 heterocycles. The summed E-state index contributed by atoms with van der Waals surface area (Å²) in [6.07, 6.45) is 2.55. The van der Waals surface area contributed by atoms with E-state index in [4.69, 9.17) is 0 Å². The number of nitro benzene ring substituents is 1. The number of benzene rings is 1. The summed E-state index contributed by atoms with van der Waals surface area (Å²) < 4.78 is 28.0. The van der Waals surface area contributed by atoms with Crippen molar-refractivity contribution in [3.63, 3.8) is 0 Å². The van der Waals surface area contributed by atoms with Crippen molar-refractivity contribution in [3.8, 4) is 0 Å². The van der Waals surface area contributed by atoms with Gasteiger partial charge in [-0.2, -0.15) is 0 Å². The standard InChI is InChI=1S/C13H17F2N3O2/c1-17(9-3-2-5-16-6-4-9)13-11(14)7-10(18(19)20)8-12(13)15/h7-9,16H,2-6H2,1H3. The first-order chi connectivity index (χ1) is 9.50. The Bertz CT molecular complexity index is 479. The summed E-state index contributed by atoms with van der Waals surface area (Å²) in [5.41, 5.74) is -0.762. The summed E-state index contributed by atoms with van der Waals surface area (Å²) in [4.78, 5) is 11.3. The van der Waals surface area contributed by atoms with Gasteiger partial charge in [-0.3, -0.25) is 10.1 Å². The Hall–Kier alpha value is -1.76. The lowest BCUT2D eigenvalue weighted by Gasteiger charge is -2.29. The second kappa shape index (κ2) is 6.13. The maximum absolute atomic E-state index is 14.0. The van der Waals surface area contributed by atoms with Crippen LogP contribution in [0.2, 0.25) is 0 Å². The van der Waals surface area contributed by atoms with Crippen LogP contribution in [0.5, 0.6) is 0 Å². The van der Waals surface area contributed by atoms with Gasteiger partial charge in [-0.25, -0.2) is 8.78 Å². The summed E-state index contributed by atoms with van der Waals surface area (Å²) in [6, 6.07) is 1.56. The molecule has 1 aromatic carbocycles. The van der Waals surface area contributed by atoms with E-state index in [0.717, 1.165) is 44.5 Å². The molecule has 0 aliphatic carbocycles. The predicted molar refractivity (Wildman–Crippen MR) is 71.9 cm³/mol. The highest BCUT2D eigenvalue weighted by atomic mass is 19.1. The molecule has 110 valence electrons. The minimum Gasteiger partial charge on any atom is -0.367 e. The smallest absolute Gasteiger partial charge is 0.275 e. The molecule has 0 amide bonds. The zero-order chi connectivity index (χ0) is 14.7. The molecule has 0 radical (unpaired) electrons. The highest BCUT2D eigenvalue weighted by molar-refractivity contribution is 5.54. The fourth-order valence-corrected chi connectivity index (χ4v) is 2.57. The van der Waals surface area contributed by atoms with E-state index < -0.39 is 22.2 Å². The number of hydrogen-bond acceptors (Lipinski definition) is 4. The summed E-state index contributed by atoms with van der Waals surface area (Å²) in [6.45, 7) is 1.70. The lowest BCUT2D eigenvalue weighted by atomic mass is 10.1. The molecule has 1 saturated heterocycles. The Morgan fingerprint density at radius 1 is 1.30 bits per heavy atom. The predicted octanol–water partition coefficient (Wildman–Crippen LogP) is 2.45. The molecule has 1 fully saturated rings. The van der Waals surface area contributed by atoms with Crippen molar-refractivity contribution in [2.45, 2.75) is 25.3 Å². The molecule has 5 nitrogen and oxygen atoms in total. The first-order valence-corrected chi connectivity index (χ1v) is 6.57. The third-order valence-electron chi connectivity index (χ3n) is 3.66. The third kappa shape index (κ3) is 3.04. The van der Waals surface area contributed by atoms with Crippen LogP contribution in [-0.2, 0) is 0 Å². The number of halogens is 2. The van der Waals surface area contributed by atoms with Gasteiger partial charge in [0.25, 0.3) is 5.69 Å². The molecule has 1 unspecified atom stereocenters. The lowest BCUT2D eigenvalue weighted by molar-refractivity contribution is -0.385. The van der Waals surface area contributed by atoms with Crippen LogP contribution >= 0.6 is 0 Å². The second-order valence-electron chi connectivity index (χ2n) is 4.96. The molecule has 0 spiro atoms. The molecule has 1 aliphatic heterocycles. The molecular weight excluding hydrogens is 268 g/mol. The van der Waals surface area contributed by atoms with Crippen LogP contribution in [0.4, 0.5) is 20.2 Å². The van der Waals surface area contributed by atoms with E-state index in [1.54, 1.807) is 11.9 Å². The zero-order valence-corrected chi connectivity index (χ0v) is 11.2. The molecule has 1 atom stereocenters. The monoisotopic (exact) mass is 285 g/mol. The number of non-ortho nitro benzene ring substituents is 1. The van der Waals surface area contributed by atoms with Gasteiger partial charge in [0.2, 0.25) is 0 Å². The van der Waals surface area contributed by atoms with Crippen molar-refractivity contribution in [1.29, 1.82) is 0 Å². The van der Waals surface area contributed by atoms with Crippen molar-refractivity contribution in [1.82, 2.24) is 5.32 Å². The van der Waals surface area contributed by atoms with Gasteiger partial charge in [0.05, 0.1) is 17.1 Å². The average Bonchev–Trinajstić information content (AvgIpc) is 2.66. The number of nitro groups is 1. The number of nitrogens with zero attached hydrogens (tertiary/aromatic N) is 2. The maximum Gasteiger partial charge on any atom is 0.275 e. The van der Waals surface area contributed by atoms with E-state index in [2.05, 4.69) is 5.32 Å². The molecule has 2 rings (SSSR count). The Morgan fingerprint density at radius 3 is 2.55 bits per heavy atom. The number of nitrogens with one attached hydrogen (secondary N) is 1. The second-order valence-corrected chi connectivity index (χ2v) is 4.96. The van der Waals surface area contributed by atoms with Crippen LogP contribution < -0.4 is 10.2 Å². The Kier molecular flexibility index (Phi) is 4.49. The van der Waals surface area contributed by atoms with E-state index in [1.807, 2.05) is 0 Å².